The van der Waals surface area contributed by atoms with Crippen LogP contribution < -0.4 is 14.2 Å². The van der Waals surface area contributed by atoms with E-state index in [-0.39, 0.29) is 29.4 Å². The number of nitro groups is 2. The van der Waals surface area contributed by atoms with Crippen LogP contribution in [0.4, 0.5) is 11.4 Å². The van der Waals surface area contributed by atoms with E-state index in [1.54, 1.807) is 24.3 Å². The van der Waals surface area contributed by atoms with Crippen LogP contribution in [0.3, 0.4) is 0 Å². The number of carbonyl (C=O) groups excluding carboxylic acids is 1. The molecule has 0 fully saturated rings. The lowest BCUT2D eigenvalue weighted by molar-refractivity contribution is -0.394. The van der Waals surface area contributed by atoms with E-state index >= 15 is 0 Å². The zero-order chi connectivity index (χ0) is 25.5. The van der Waals surface area contributed by atoms with Gasteiger partial charge >= 0.3 is 5.97 Å². The van der Waals surface area contributed by atoms with Crippen molar-refractivity contribution in [2.45, 2.75) is 13.8 Å². The number of rotatable bonds is 9. The molecule has 10 nitrogen and oxygen atoms in total. The topological polar surface area (TPSA) is 131 Å². The molecule has 0 spiro atoms. The van der Waals surface area contributed by atoms with Crippen molar-refractivity contribution >= 4 is 29.5 Å². The Hall–Kier alpha value is -4.73. The number of nitro benzene ring substituents is 2. The molecular formula is C25H22N2O8. The van der Waals surface area contributed by atoms with E-state index in [0.29, 0.717) is 11.3 Å². The Labute approximate surface area is 200 Å². The monoisotopic (exact) mass is 478 g/mol. The van der Waals surface area contributed by atoms with Gasteiger partial charge in [-0.3, -0.25) is 20.2 Å². The van der Waals surface area contributed by atoms with Crippen LogP contribution in [-0.2, 0) is 4.79 Å². The first kappa shape index (κ1) is 24.9. The summed E-state index contributed by atoms with van der Waals surface area (Å²) >= 11 is 0. The number of ether oxygens (including phenoxy) is 3. The number of non-ortho nitro benzene ring substituents is 1. The molecule has 3 aromatic carbocycles. The zero-order valence-corrected chi connectivity index (χ0v) is 19.2. The van der Waals surface area contributed by atoms with Gasteiger partial charge in [-0.15, -0.1) is 0 Å². The Morgan fingerprint density at radius 3 is 2.31 bits per heavy atom. The molecule has 0 bridgehead atoms. The second kappa shape index (κ2) is 10.9. The Morgan fingerprint density at radius 1 is 0.886 bits per heavy atom. The molecule has 0 atom stereocenters. The highest BCUT2D eigenvalue weighted by molar-refractivity contribution is 5.77. The van der Waals surface area contributed by atoms with Gasteiger partial charge in [0, 0.05) is 6.07 Å². The summed E-state index contributed by atoms with van der Waals surface area (Å²) < 4.78 is 16.1. The Balaban J connectivity index is 1.71. The SMILES string of the molecule is COc1cc(/C=C/c2ccc([N+](=O)[O-])cc2[N+](=O)[O-])ccc1OC(=O)COc1ccc(C)c(C)c1. The van der Waals surface area contributed by atoms with Crippen molar-refractivity contribution in [3.8, 4) is 17.2 Å². The molecule has 0 saturated heterocycles. The standard InChI is InChI=1S/C25H22N2O8/c1-16-4-10-21(12-17(16)2)34-15-25(28)35-23-11-6-18(13-24(23)33-3)5-7-19-8-9-20(26(29)30)14-22(19)27(31)32/h4-14H,15H2,1-3H3/b7-5+. The van der Waals surface area contributed by atoms with Crippen LogP contribution in [-0.4, -0.2) is 29.5 Å². The van der Waals surface area contributed by atoms with Crippen LogP contribution in [0.15, 0.2) is 54.6 Å². The fraction of sp³-hybridized carbons (Fsp3) is 0.160. The molecule has 0 aliphatic carbocycles. The molecule has 0 heterocycles. The highest BCUT2D eigenvalue weighted by atomic mass is 16.6. The van der Waals surface area contributed by atoms with Crippen LogP contribution in [0, 0.1) is 34.1 Å². The summed E-state index contributed by atoms with van der Waals surface area (Å²) in [5.74, 6) is 0.383. The number of hydrogen-bond acceptors (Lipinski definition) is 8. The molecule has 10 heteroatoms. The Morgan fingerprint density at radius 2 is 1.66 bits per heavy atom. The molecule has 0 aliphatic heterocycles. The maximum atomic E-state index is 12.2. The van der Waals surface area contributed by atoms with Gasteiger partial charge in [0.2, 0.25) is 0 Å². The molecule has 0 aromatic heterocycles. The van der Waals surface area contributed by atoms with Gasteiger partial charge in [-0.05, 0) is 66.9 Å². The summed E-state index contributed by atoms with van der Waals surface area (Å²) in [6.45, 7) is 3.63. The normalized spacial score (nSPS) is 10.7. The number of methoxy groups -OCH3 is 1. The summed E-state index contributed by atoms with van der Waals surface area (Å²) in [4.78, 5) is 33.1. The third-order valence-electron chi connectivity index (χ3n) is 5.12. The molecule has 0 radical (unpaired) electrons. The minimum Gasteiger partial charge on any atom is -0.493 e. The van der Waals surface area contributed by atoms with Gasteiger partial charge in [0.25, 0.3) is 11.4 Å². The number of aryl methyl sites for hydroxylation is 2. The van der Waals surface area contributed by atoms with E-state index < -0.39 is 21.5 Å². The third-order valence-corrected chi connectivity index (χ3v) is 5.12. The van der Waals surface area contributed by atoms with Crippen molar-refractivity contribution in [3.05, 3.63) is 97.1 Å². The average Bonchev–Trinajstić information content (AvgIpc) is 2.83. The van der Waals surface area contributed by atoms with Crippen molar-refractivity contribution < 1.29 is 28.9 Å². The molecule has 0 N–H and O–H groups in total. The van der Waals surface area contributed by atoms with Gasteiger partial charge in [0.05, 0.1) is 28.6 Å². The van der Waals surface area contributed by atoms with Gasteiger partial charge in [-0.2, -0.15) is 0 Å². The lowest BCUT2D eigenvalue weighted by atomic mass is 10.1. The van der Waals surface area contributed by atoms with Gasteiger partial charge in [0.1, 0.15) is 5.75 Å². The molecule has 35 heavy (non-hydrogen) atoms. The van der Waals surface area contributed by atoms with Gasteiger partial charge in [0.15, 0.2) is 18.1 Å². The molecule has 0 amide bonds. The summed E-state index contributed by atoms with van der Waals surface area (Å²) in [6.07, 6.45) is 3.03. The first-order valence-corrected chi connectivity index (χ1v) is 10.4. The number of hydrogen-bond donors (Lipinski definition) is 0. The molecule has 0 unspecified atom stereocenters. The number of nitrogens with zero attached hydrogens (tertiary/aromatic N) is 2. The van der Waals surface area contributed by atoms with E-state index in [9.17, 15) is 25.0 Å². The van der Waals surface area contributed by atoms with Crippen LogP contribution in [0.1, 0.15) is 22.3 Å². The van der Waals surface area contributed by atoms with Crippen molar-refractivity contribution in [3.63, 3.8) is 0 Å². The predicted octanol–water partition coefficient (Wildman–Crippen LogP) is 5.28. The van der Waals surface area contributed by atoms with E-state index in [4.69, 9.17) is 14.2 Å². The molecular weight excluding hydrogens is 456 g/mol. The number of benzene rings is 3. The molecule has 3 aromatic rings. The highest BCUT2D eigenvalue weighted by Crippen LogP contribution is 2.30. The molecule has 0 aliphatic rings. The first-order chi connectivity index (χ1) is 16.7. The summed E-state index contributed by atoms with van der Waals surface area (Å²) in [5.41, 5.74) is 2.18. The van der Waals surface area contributed by atoms with Crippen LogP contribution in [0.2, 0.25) is 0 Å². The van der Waals surface area contributed by atoms with Crippen molar-refractivity contribution in [1.29, 1.82) is 0 Å². The van der Waals surface area contributed by atoms with E-state index in [1.807, 2.05) is 26.0 Å². The minimum absolute atomic E-state index is 0.180. The lowest BCUT2D eigenvalue weighted by Crippen LogP contribution is -2.18. The van der Waals surface area contributed by atoms with Crippen LogP contribution in [0.25, 0.3) is 12.2 Å². The fourth-order valence-corrected chi connectivity index (χ4v) is 3.10. The van der Waals surface area contributed by atoms with Gasteiger partial charge in [-0.1, -0.05) is 18.2 Å². The Bertz CT molecular complexity index is 1320. The van der Waals surface area contributed by atoms with Gasteiger partial charge < -0.3 is 14.2 Å². The maximum Gasteiger partial charge on any atom is 0.349 e. The highest BCUT2D eigenvalue weighted by Gasteiger charge is 2.18. The average molecular weight is 478 g/mol. The largest absolute Gasteiger partial charge is 0.493 e. The van der Waals surface area contributed by atoms with Crippen molar-refractivity contribution in [2.75, 3.05) is 13.7 Å². The summed E-state index contributed by atoms with van der Waals surface area (Å²) in [6, 6.07) is 13.6. The zero-order valence-electron chi connectivity index (χ0n) is 19.2. The number of carbonyl (C=O) groups is 1. The maximum absolute atomic E-state index is 12.2. The van der Waals surface area contributed by atoms with E-state index in [0.717, 1.165) is 17.2 Å². The predicted molar refractivity (Wildman–Crippen MR) is 129 cm³/mol. The summed E-state index contributed by atoms with van der Waals surface area (Å²) in [7, 11) is 1.41. The quantitative estimate of drug-likeness (QED) is 0.133. The second-order valence-corrected chi connectivity index (χ2v) is 7.51. The lowest BCUT2D eigenvalue weighted by Gasteiger charge is -2.11. The molecule has 0 saturated carbocycles. The van der Waals surface area contributed by atoms with Crippen molar-refractivity contribution in [1.82, 2.24) is 0 Å². The van der Waals surface area contributed by atoms with Crippen molar-refractivity contribution in [2.24, 2.45) is 0 Å². The van der Waals surface area contributed by atoms with Gasteiger partial charge in [-0.25, -0.2) is 4.79 Å². The molecule has 3 rings (SSSR count). The fourth-order valence-electron chi connectivity index (χ4n) is 3.10. The van der Waals surface area contributed by atoms with Crippen LogP contribution in [0.5, 0.6) is 17.2 Å². The van der Waals surface area contributed by atoms with E-state index in [1.165, 1.54) is 31.4 Å². The first-order valence-electron chi connectivity index (χ1n) is 10.4. The minimum atomic E-state index is -0.696. The smallest absolute Gasteiger partial charge is 0.349 e. The van der Waals surface area contributed by atoms with E-state index in [2.05, 4.69) is 0 Å². The second-order valence-electron chi connectivity index (χ2n) is 7.51. The Kier molecular flexibility index (Phi) is 7.77. The molecule has 180 valence electrons. The van der Waals surface area contributed by atoms with Crippen LogP contribution >= 0.6 is 0 Å². The third kappa shape index (κ3) is 6.41. The number of esters is 1. The summed E-state index contributed by atoms with van der Waals surface area (Å²) in [5, 5.41) is 22.2.